The summed E-state index contributed by atoms with van der Waals surface area (Å²) in [6, 6.07) is 7.14. The number of nitrogens with zero attached hydrogens (tertiary/aromatic N) is 1. The van der Waals surface area contributed by atoms with E-state index < -0.39 is 23.4 Å². The normalized spacial score (nSPS) is 11.8. The summed E-state index contributed by atoms with van der Waals surface area (Å²) in [5, 5.41) is 3.07. The Hall–Kier alpha value is -2.32. The average molecular weight is 415 g/mol. The van der Waals surface area contributed by atoms with E-state index in [1.54, 1.807) is 6.20 Å². The van der Waals surface area contributed by atoms with E-state index >= 15 is 0 Å². The molecule has 2 aromatic heterocycles. The first-order valence-electron chi connectivity index (χ1n) is 7.89. The predicted octanol–water partition coefficient (Wildman–Crippen LogP) is 6.45. The van der Waals surface area contributed by atoms with Crippen molar-refractivity contribution in [2.45, 2.75) is 25.9 Å². The Balaban J connectivity index is 1.94. The number of rotatable bonds is 4. The van der Waals surface area contributed by atoms with E-state index in [4.69, 9.17) is 16.0 Å². The van der Waals surface area contributed by atoms with Gasteiger partial charge in [-0.25, -0.2) is 4.98 Å². The van der Waals surface area contributed by atoms with Crippen molar-refractivity contribution >= 4 is 34.0 Å². The third-order valence-corrected chi connectivity index (χ3v) is 5.14. The molecule has 0 aliphatic rings. The number of alkyl halides is 3. The van der Waals surface area contributed by atoms with E-state index in [0.717, 1.165) is 10.9 Å². The number of thiazole rings is 1. The molecule has 0 radical (unpaired) electrons. The molecular formula is C18H14ClF3N2O2S. The number of carbonyl (C=O) groups excluding carboxylic acids is 1. The van der Waals surface area contributed by atoms with Crippen molar-refractivity contribution in [3.63, 3.8) is 0 Å². The van der Waals surface area contributed by atoms with Crippen molar-refractivity contribution < 1.29 is 22.4 Å². The number of aromatic nitrogens is 1. The number of hydrogen-bond donors (Lipinski definition) is 1. The molecule has 1 amide bonds. The summed E-state index contributed by atoms with van der Waals surface area (Å²) < 4.78 is 45.0. The fraction of sp³-hybridized carbons (Fsp3) is 0.222. The minimum Gasteiger partial charge on any atom is -0.451 e. The molecule has 0 saturated carbocycles. The van der Waals surface area contributed by atoms with Crippen LogP contribution in [0.4, 0.5) is 18.3 Å². The van der Waals surface area contributed by atoms with E-state index in [9.17, 15) is 18.0 Å². The van der Waals surface area contributed by atoms with Crippen molar-refractivity contribution in [2.24, 2.45) is 0 Å². The summed E-state index contributed by atoms with van der Waals surface area (Å²) in [6.45, 7) is 3.91. The molecule has 9 heteroatoms. The second-order valence-corrected chi connectivity index (χ2v) is 7.53. The number of furan rings is 1. The highest BCUT2D eigenvalue weighted by molar-refractivity contribution is 7.15. The molecule has 3 aromatic rings. The molecule has 0 spiro atoms. The summed E-state index contributed by atoms with van der Waals surface area (Å²) >= 11 is 7.01. The number of carbonyl (C=O) groups is 1. The minimum atomic E-state index is -4.82. The Morgan fingerprint density at radius 2 is 1.93 bits per heavy atom. The molecule has 1 N–H and O–H groups in total. The molecule has 27 heavy (non-hydrogen) atoms. The summed E-state index contributed by atoms with van der Waals surface area (Å²) in [7, 11) is 0. The van der Waals surface area contributed by atoms with Crippen LogP contribution in [0.25, 0.3) is 11.3 Å². The maximum absolute atomic E-state index is 13.3. The van der Waals surface area contributed by atoms with E-state index in [2.05, 4.69) is 10.3 Å². The second kappa shape index (κ2) is 7.36. The molecule has 0 atom stereocenters. The van der Waals surface area contributed by atoms with Gasteiger partial charge in [0.15, 0.2) is 5.13 Å². The Bertz CT molecular complexity index is 962. The smallest absolute Gasteiger partial charge is 0.450 e. The van der Waals surface area contributed by atoms with Crippen molar-refractivity contribution in [1.82, 2.24) is 4.98 Å². The van der Waals surface area contributed by atoms with E-state index in [1.807, 2.05) is 13.8 Å². The molecule has 0 bridgehead atoms. The SMILES string of the molecule is CC(C)c1cnc(NC(=O)c2cc(-c3ccc(Cl)cc3)oc2C(F)(F)F)s1. The third kappa shape index (κ3) is 4.33. The minimum absolute atomic E-state index is 0.0776. The number of benzene rings is 1. The third-order valence-electron chi connectivity index (χ3n) is 3.68. The monoisotopic (exact) mass is 414 g/mol. The van der Waals surface area contributed by atoms with Gasteiger partial charge in [-0.15, -0.1) is 11.3 Å². The van der Waals surface area contributed by atoms with Crippen LogP contribution < -0.4 is 5.32 Å². The summed E-state index contributed by atoms with van der Waals surface area (Å²) in [4.78, 5) is 17.4. The lowest BCUT2D eigenvalue weighted by Gasteiger charge is -2.05. The Morgan fingerprint density at radius 1 is 1.26 bits per heavy atom. The highest BCUT2D eigenvalue weighted by Gasteiger charge is 2.40. The first kappa shape index (κ1) is 19.4. The number of amides is 1. The topological polar surface area (TPSA) is 55.1 Å². The van der Waals surface area contributed by atoms with Crippen molar-refractivity contribution in [3.05, 3.63) is 57.8 Å². The highest BCUT2D eigenvalue weighted by Crippen LogP contribution is 2.38. The first-order valence-corrected chi connectivity index (χ1v) is 9.08. The second-order valence-electron chi connectivity index (χ2n) is 6.03. The van der Waals surface area contributed by atoms with Gasteiger partial charge in [-0.2, -0.15) is 13.2 Å². The zero-order valence-corrected chi connectivity index (χ0v) is 15.8. The molecule has 4 nitrogen and oxygen atoms in total. The number of nitrogens with one attached hydrogen (secondary N) is 1. The number of hydrogen-bond acceptors (Lipinski definition) is 4. The standard InChI is InChI=1S/C18H14ClF3N2O2S/c1-9(2)14-8-23-17(27-14)24-16(25)12-7-13(26-15(12)18(20,21)22)10-3-5-11(19)6-4-10/h3-9H,1-2H3,(H,23,24,25). The van der Waals surface area contributed by atoms with Gasteiger partial charge < -0.3 is 4.42 Å². The zero-order valence-electron chi connectivity index (χ0n) is 14.2. The van der Waals surface area contributed by atoms with Crippen molar-refractivity contribution in [1.29, 1.82) is 0 Å². The van der Waals surface area contributed by atoms with Crippen LogP contribution in [-0.4, -0.2) is 10.9 Å². The average Bonchev–Trinajstić information content (AvgIpc) is 3.22. The lowest BCUT2D eigenvalue weighted by molar-refractivity contribution is -0.153. The molecule has 1 aromatic carbocycles. The molecule has 0 unspecified atom stereocenters. The van der Waals surface area contributed by atoms with Gasteiger partial charge in [0.1, 0.15) is 5.76 Å². The molecule has 2 heterocycles. The van der Waals surface area contributed by atoms with Gasteiger partial charge in [0.25, 0.3) is 5.91 Å². The van der Waals surface area contributed by atoms with Gasteiger partial charge in [0, 0.05) is 21.7 Å². The Labute approximate surface area is 162 Å². The number of halogens is 4. The number of anilines is 1. The zero-order chi connectivity index (χ0) is 19.8. The quantitative estimate of drug-likeness (QED) is 0.533. The highest BCUT2D eigenvalue weighted by atomic mass is 35.5. The van der Waals surface area contributed by atoms with Gasteiger partial charge >= 0.3 is 6.18 Å². The molecular weight excluding hydrogens is 401 g/mol. The molecule has 0 fully saturated rings. The molecule has 0 saturated heterocycles. The molecule has 0 aliphatic heterocycles. The first-order chi connectivity index (χ1) is 12.6. The summed E-state index contributed by atoms with van der Waals surface area (Å²) in [6.07, 6.45) is -3.23. The lowest BCUT2D eigenvalue weighted by Crippen LogP contribution is -2.16. The lowest BCUT2D eigenvalue weighted by atomic mass is 10.1. The van der Waals surface area contributed by atoms with Gasteiger partial charge in [0.2, 0.25) is 5.76 Å². The van der Waals surface area contributed by atoms with Crippen molar-refractivity contribution in [3.8, 4) is 11.3 Å². The fourth-order valence-corrected chi connectivity index (χ4v) is 3.24. The van der Waals surface area contributed by atoms with Gasteiger partial charge in [-0.05, 0) is 36.2 Å². The van der Waals surface area contributed by atoms with Crippen LogP contribution in [-0.2, 0) is 6.18 Å². The van der Waals surface area contributed by atoms with Crippen LogP contribution in [0, 0.1) is 0 Å². The van der Waals surface area contributed by atoms with Crippen LogP contribution >= 0.6 is 22.9 Å². The molecule has 0 aliphatic carbocycles. The van der Waals surface area contributed by atoms with Crippen LogP contribution in [0.5, 0.6) is 0 Å². The van der Waals surface area contributed by atoms with E-state index in [-0.39, 0.29) is 16.8 Å². The van der Waals surface area contributed by atoms with Crippen molar-refractivity contribution in [2.75, 3.05) is 5.32 Å². The summed E-state index contributed by atoms with van der Waals surface area (Å²) in [5.74, 6) is -2.17. The van der Waals surface area contributed by atoms with Gasteiger partial charge in [-0.1, -0.05) is 25.4 Å². The molecule has 3 rings (SSSR count). The Morgan fingerprint density at radius 3 is 2.48 bits per heavy atom. The summed E-state index contributed by atoms with van der Waals surface area (Å²) in [5.41, 5.74) is -0.228. The van der Waals surface area contributed by atoms with Crippen LogP contribution in [0.1, 0.15) is 40.8 Å². The maximum Gasteiger partial charge on any atom is 0.450 e. The van der Waals surface area contributed by atoms with Gasteiger partial charge in [0.05, 0.1) is 5.56 Å². The van der Waals surface area contributed by atoms with Crippen LogP contribution in [0.3, 0.4) is 0 Å². The largest absolute Gasteiger partial charge is 0.451 e. The predicted molar refractivity (Wildman–Crippen MR) is 98.3 cm³/mol. The Kier molecular flexibility index (Phi) is 5.30. The maximum atomic E-state index is 13.3. The fourth-order valence-electron chi connectivity index (χ4n) is 2.30. The van der Waals surface area contributed by atoms with E-state index in [0.29, 0.717) is 10.6 Å². The van der Waals surface area contributed by atoms with Gasteiger partial charge in [-0.3, -0.25) is 10.1 Å². The van der Waals surface area contributed by atoms with Crippen LogP contribution in [0.2, 0.25) is 5.02 Å². The molecule has 142 valence electrons. The van der Waals surface area contributed by atoms with E-state index in [1.165, 1.54) is 35.6 Å². The van der Waals surface area contributed by atoms with Crippen LogP contribution in [0.15, 0.2) is 40.9 Å².